The van der Waals surface area contributed by atoms with Crippen LogP contribution in [0.15, 0.2) is 0 Å². The molecule has 0 aliphatic carbocycles. The monoisotopic (exact) mass is 242 g/mol. The quantitative estimate of drug-likeness (QED) is 0.713. The fraction of sp³-hybridized carbons (Fsp3) is 1.00. The Hall–Kier alpha value is -0.120. The normalized spacial score (nSPS) is 26.6. The second-order valence-corrected chi connectivity index (χ2v) is 5.82. The summed E-state index contributed by atoms with van der Waals surface area (Å²) in [7, 11) is 0. The molecule has 1 aliphatic rings. The third-order valence-electron chi connectivity index (χ3n) is 3.65. The molecule has 1 aliphatic heterocycles. The third-order valence-corrected chi connectivity index (χ3v) is 3.65. The summed E-state index contributed by atoms with van der Waals surface area (Å²) in [6.07, 6.45) is 3.41. The van der Waals surface area contributed by atoms with Crippen molar-refractivity contribution in [2.24, 2.45) is 11.8 Å². The average Bonchev–Trinajstić information content (AvgIpc) is 2.33. The van der Waals surface area contributed by atoms with Crippen molar-refractivity contribution < 1.29 is 5.11 Å². The fourth-order valence-corrected chi connectivity index (χ4v) is 2.70. The van der Waals surface area contributed by atoms with Crippen LogP contribution in [-0.2, 0) is 0 Å². The number of piperidine rings is 1. The maximum Gasteiger partial charge on any atom is 0.0431 e. The van der Waals surface area contributed by atoms with E-state index >= 15 is 0 Å². The highest BCUT2D eigenvalue weighted by atomic mass is 16.2. The van der Waals surface area contributed by atoms with Crippen LogP contribution in [0.4, 0.5) is 0 Å². The summed E-state index contributed by atoms with van der Waals surface area (Å²) in [5.74, 6) is 1.49. The number of nitrogens with zero attached hydrogens (tertiary/aromatic N) is 1. The second-order valence-electron chi connectivity index (χ2n) is 5.82. The van der Waals surface area contributed by atoms with Crippen LogP contribution in [0, 0.1) is 11.8 Å². The number of nitrogens with one attached hydrogen (secondary N) is 1. The van der Waals surface area contributed by atoms with Crippen molar-refractivity contribution in [3.05, 3.63) is 0 Å². The molecule has 1 rings (SSSR count). The molecule has 1 fully saturated rings. The largest absolute Gasteiger partial charge is 0.396 e. The Balaban J connectivity index is 2.36. The average molecular weight is 242 g/mol. The number of hydrogen-bond donors (Lipinski definition) is 2. The molecule has 0 aromatic rings. The number of rotatable bonds is 7. The van der Waals surface area contributed by atoms with Crippen molar-refractivity contribution >= 4 is 0 Å². The van der Waals surface area contributed by atoms with Crippen molar-refractivity contribution in [2.45, 2.75) is 46.1 Å². The maximum atomic E-state index is 8.93. The van der Waals surface area contributed by atoms with Crippen LogP contribution in [0.25, 0.3) is 0 Å². The molecule has 3 heteroatoms. The molecule has 2 unspecified atom stereocenters. The summed E-state index contributed by atoms with van der Waals surface area (Å²) in [6, 6.07) is 0.648. The Bertz CT molecular complexity index is 197. The van der Waals surface area contributed by atoms with Gasteiger partial charge in [0.1, 0.15) is 0 Å². The predicted octanol–water partition coefficient (Wildman–Crippen LogP) is 1.71. The lowest BCUT2D eigenvalue weighted by Gasteiger charge is -2.38. The van der Waals surface area contributed by atoms with Crippen LogP contribution in [0.3, 0.4) is 0 Å². The van der Waals surface area contributed by atoms with Gasteiger partial charge in [0.25, 0.3) is 0 Å². The van der Waals surface area contributed by atoms with Gasteiger partial charge < -0.3 is 15.3 Å². The van der Waals surface area contributed by atoms with Crippen molar-refractivity contribution in [2.75, 3.05) is 32.8 Å². The molecule has 17 heavy (non-hydrogen) atoms. The third kappa shape index (κ3) is 5.84. The highest BCUT2D eigenvalue weighted by Crippen LogP contribution is 2.21. The molecular weight excluding hydrogens is 212 g/mol. The van der Waals surface area contributed by atoms with Gasteiger partial charge in [0.05, 0.1) is 0 Å². The minimum Gasteiger partial charge on any atom is -0.396 e. The number of likely N-dealkylation sites (tertiary alicyclic amines) is 1. The van der Waals surface area contributed by atoms with Gasteiger partial charge in [0.2, 0.25) is 0 Å². The Morgan fingerprint density at radius 3 is 2.71 bits per heavy atom. The van der Waals surface area contributed by atoms with E-state index in [4.69, 9.17) is 5.11 Å². The molecule has 1 heterocycles. The van der Waals surface area contributed by atoms with Crippen LogP contribution in [-0.4, -0.2) is 48.8 Å². The molecule has 3 nitrogen and oxygen atoms in total. The summed E-state index contributed by atoms with van der Waals surface area (Å²) < 4.78 is 0. The maximum absolute atomic E-state index is 8.93. The second kappa shape index (κ2) is 8.06. The molecule has 2 N–H and O–H groups in total. The van der Waals surface area contributed by atoms with Gasteiger partial charge in [0, 0.05) is 25.7 Å². The Kier molecular flexibility index (Phi) is 7.09. The van der Waals surface area contributed by atoms with Crippen LogP contribution in [0.2, 0.25) is 0 Å². The molecular formula is C14H30N2O. The predicted molar refractivity (Wildman–Crippen MR) is 73.2 cm³/mol. The van der Waals surface area contributed by atoms with E-state index in [2.05, 4.69) is 31.0 Å². The Morgan fingerprint density at radius 2 is 2.12 bits per heavy atom. The number of aliphatic hydroxyl groups excluding tert-OH is 1. The molecule has 0 aromatic heterocycles. The Morgan fingerprint density at radius 1 is 1.35 bits per heavy atom. The van der Waals surface area contributed by atoms with E-state index in [0.717, 1.165) is 31.3 Å². The zero-order valence-electron chi connectivity index (χ0n) is 11.8. The lowest BCUT2D eigenvalue weighted by molar-refractivity contribution is 0.133. The van der Waals surface area contributed by atoms with Gasteiger partial charge in [-0.05, 0) is 44.2 Å². The van der Waals surface area contributed by atoms with Gasteiger partial charge in [0.15, 0.2) is 0 Å². The van der Waals surface area contributed by atoms with Crippen LogP contribution in [0.5, 0.6) is 0 Å². The number of hydrogen-bond acceptors (Lipinski definition) is 3. The molecule has 102 valence electrons. The Labute approximate surface area is 107 Å². The summed E-state index contributed by atoms with van der Waals surface area (Å²) >= 11 is 0. The van der Waals surface area contributed by atoms with Gasteiger partial charge in [-0.3, -0.25) is 0 Å². The number of aliphatic hydroxyl groups is 1. The highest BCUT2D eigenvalue weighted by molar-refractivity contribution is 4.83. The molecule has 0 saturated carbocycles. The topological polar surface area (TPSA) is 35.5 Å². The first-order valence-electron chi connectivity index (χ1n) is 7.22. The molecule has 0 bridgehead atoms. The summed E-state index contributed by atoms with van der Waals surface area (Å²) in [5.41, 5.74) is 0. The standard InChI is InChI=1S/C14H30N2O/c1-4-16-10-13(6-5-7-17)8-14(11-16)15-9-12(2)3/h12-15,17H,4-11H2,1-3H3. The molecule has 1 saturated heterocycles. The molecule has 0 radical (unpaired) electrons. The fourth-order valence-electron chi connectivity index (χ4n) is 2.70. The summed E-state index contributed by atoms with van der Waals surface area (Å²) in [4.78, 5) is 2.55. The van der Waals surface area contributed by atoms with Crippen molar-refractivity contribution in [1.82, 2.24) is 10.2 Å². The van der Waals surface area contributed by atoms with Gasteiger partial charge in [-0.1, -0.05) is 20.8 Å². The van der Waals surface area contributed by atoms with Crippen LogP contribution in [0.1, 0.15) is 40.0 Å². The van der Waals surface area contributed by atoms with Crippen LogP contribution < -0.4 is 5.32 Å². The molecule has 0 aromatic carbocycles. The zero-order chi connectivity index (χ0) is 12.7. The first kappa shape index (κ1) is 14.9. The lowest BCUT2D eigenvalue weighted by Crippen LogP contribution is -2.49. The van der Waals surface area contributed by atoms with Crippen molar-refractivity contribution in [3.63, 3.8) is 0 Å². The van der Waals surface area contributed by atoms with E-state index in [-0.39, 0.29) is 0 Å². The van der Waals surface area contributed by atoms with E-state index in [1.807, 2.05) is 0 Å². The van der Waals surface area contributed by atoms with E-state index in [1.54, 1.807) is 0 Å². The molecule has 0 amide bonds. The minimum absolute atomic E-state index is 0.340. The summed E-state index contributed by atoms with van der Waals surface area (Å²) in [5, 5.41) is 12.6. The van der Waals surface area contributed by atoms with E-state index in [9.17, 15) is 0 Å². The summed E-state index contributed by atoms with van der Waals surface area (Å²) in [6.45, 7) is 11.8. The van der Waals surface area contributed by atoms with Gasteiger partial charge >= 0.3 is 0 Å². The van der Waals surface area contributed by atoms with E-state index in [1.165, 1.54) is 25.9 Å². The highest BCUT2D eigenvalue weighted by Gasteiger charge is 2.25. The van der Waals surface area contributed by atoms with Gasteiger partial charge in [-0.25, -0.2) is 0 Å². The van der Waals surface area contributed by atoms with Crippen molar-refractivity contribution in [1.29, 1.82) is 0 Å². The molecule has 2 atom stereocenters. The SMILES string of the molecule is CCN1CC(CCCO)CC(NCC(C)C)C1. The molecule has 0 spiro atoms. The smallest absolute Gasteiger partial charge is 0.0431 e. The lowest BCUT2D eigenvalue weighted by atomic mass is 9.90. The van der Waals surface area contributed by atoms with Gasteiger partial charge in [-0.2, -0.15) is 0 Å². The van der Waals surface area contributed by atoms with Crippen LogP contribution >= 0.6 is 0 Å². The first-order chi connectivity index (χ1) is 8.15. The van der Waals surface area contributed by atoms with E-state index in [0.29, 0.717) is 12.6 Å². The van der Waals surface area contributed by atoms with Crippen molar-refractivity contribution in [3.8, 4) is 0 Å². The number of likely N-dealkylation sites (N-methyl/N-ethyl adjacent to an activating group) is 1. The zero-order valence-corrected chi connectivity index (χ0v) is 11.8. The van der Waals surface area contributed by atoms with Gasteiger partial charge in [-0.15, -0.1) is 0 Å². The van der Waals surface area contributed by atoms with E-state index < -0.39 is 0 Å². The minimum atomic E-state index is 0.340. The first-order valence-corrected chi connectivity index (χ1v) is 7.22.